The average molecular weight is 586 g/mol. The Kier molecular flexibility index (Phi) is 7.08. The summed E-state index contributed by atoms with van der Waals surface area (Å²) < 4.78 is 135. The Bertz CT molecular complexity index is 1460. The number of aromatic nitrogens is 3. The molecule has 1 aromatic carbocycles. The number of nitrogens with two attached hydrogens (primary N) is 1. The van der Waals surface area contributed by atoms with Crippen LogP contribution in [-0.4, -0.2) is 62.8 Å². The highest BCUT2D eigenvalue weighted by molar-refractivity contribution is 5.97. The van der Waals surface area contributed by atoms with Crippen LogP contribution in [0.15, 0.2) is 30.6 Å². The van der Waals surface area contributed by atoms with E-state index in [2.05, 4.69) is 10.1 Å². The van der Waals surface area contributed by atoms with Gasteiger partial charge >= 0.3 is 18.5 Å². The molecular weight excluding hydrogens is 570 g/mol. The van der Waals surface area contributed by atoms with Crippen molar-refractivity contribution in [1.82, 2.24) is 24.8 Å². The van der Waals surface area contributed by atoms with Gasteiger partial charge in [0.05, 0.1) is 35.0 Å². The highest BCUT2D eigenvalue weighted by Gasteiger charge is 2.42. The zero-order valence-electron chi connectivity index (χ0n) is 19.6. The maximum absolute atomic E-state index is 14.5. The van der Waals surface area contributed by atoms with E-state index >= 15 is 0 Å². The molecule has 18 heteroatoms. The van der Waals surface area contributed by atoms with Gasteiger partial charge in [-0.15, -0.1) is 0 Å². The molecule has 3 N–H and O–H groups in total. The Morgan fingerprint density at radius 3 is 2.23 bits per heavy atom. The van der Waals surface area contributed by atoms with E-state index in [0.717, 1.165) is 12.4 Å². The molecular formula is C22H16F10N6O2. The monoisotopic (exact) mass is 586 g/mol. The van der Waals surface area contributed by atoms with Crippen molar-refractivity contribution < 1.29 is 53.5 Å². The molecule has 3 aromatic rings. The van der Waals surface area contributed by atoms with Crippen LogP contribution in [0.4, 0.5) is 49.7 Å². The van der Waals surface area contributed by atoms with Crippen molar-refractivity contribution in [2.24, 2.45) is 0 Å². The summed E-state index contributed by atoms with van der Waals surface area (Å²) in [5, 5.41) is 5.62. The van der Waals surface area contributed by atoms with Crippen LogP contribution in [0.5, 0.6) is 0 Å². The van der Waals surface area contributed by atoms with Gasteiger partial charge in [-0.05, 0) is 18.2 Å². The number of benzene rings is 1. The number of nitrogens with zero attached hydrogens (tertiary/aromatic N) is 4. The molecule has 2 atom stereocenters. The van der Waals surface area contributed by atoms with E-state index in [9.17, 15) is 53.5 Å². The van der Waals surface area contributed by atoms with Gasteiger partial charge in [0.1, 0.15) is 24.4 Å². The number of hydrogen-bond acceptors (Lipinski definition) is 5. The Hall–Kier alpha value is -4.12. The van der Waals surface area contributed by atoms with E-state index in [1.807, 2.05) is 5.32 Å². The van der Waals surface area contributed by atoms with Crippen molar-refractivity contribution in [3.63, 3.8) is 0 Å². The molecule has 3 heterocycles. The molecule has 2 aromatic heterocycles. The van der Waals surface area contributed by atoms with E-state index in [0.29, 0.717) is 27.6 Å². The van der Waals surface area contributed by atoms with E-state index in [-0.39, 0.29) is 5.56 Å². The number of anilines is 1. The predicted octanol–water partition coefficient (Wildman–Crippen LogP) is 4.25. The zero-order chi connectivity index (χ0) is 29.8. The van der Waals surface area contributed by atoms with Crippen LogP contribution in [0.3, 0.4) is 0 Å². The van der Waals surface area contributed by atoms with E-state index < -0.39 is 95.8 Å². The topological polar surface area (TPSA) is 106 Å². The van der Waals surface area contributed by atoms with Gasteiger partial charge in [0, 0.05) is 12.1 Å². The second-order valence-corrected chi connectivity index (χ2v) is 8.79. The fraction of sp³-hybridized carbons (Fsp3) is 0.364. The first-order chi connectivity index (χ1) is 18.4. The number of alkyl halides is 10. The Morgan fingerprint density at radius 1 is 0.975 bits per heavy atom. The summed E-state index contributed by atoms with van der Waals surface area (Å²) in [5.41, 5.74) is 0.168. The predicted molar refractivity (Wildman–Crippen MR) is 116 cm³/mol. The van der Waals surface area contributed by atoms with Crippen LogP contribution in [0.1, 0.15) is 27.9 Å². The molecule has 1 saturated heterocycles. The molecule has 0 bridgehead atoms. The standard InChI is InChI=1S/C22H16F10N6O2/c23-13-6-37(16(39)5-20(24,25)26)7-14(13)36-19(40)10-3-9(1-2-11(10)21(27,28)29)15-4-12(22(30,31)32)17-18(33)34-8-35-38(15)17/h1-4,8,13-14H,5-7H2,(H,36,40)(H2,33,34,35)/t13-,14+/m0/s1. The third-order valence-electron chi connectivity index (χ3n) is 6.02. The van der Waals surface area contributed by atoms with Crippen LogP contribution in [0.25, 0.3) is 16.8 Å². The van der Waals surface area contributed by atoms with Crippen LogP contribution in [-0.2, 0) is 17.1 Å². The first kappa shape index (κ1) is 28.9. The van der Waals surface area contributed by atoms with Gasteiger partial charge in [-0.25, -0.2) is 13.9 Å². The lowest BCUT2D eigenvalue weighted by molar-refractivity contribution is -0.160. The number of amides is 2. The summed E-state index contributed by atoms with van der Waals surface area (Å²) in [4.78, 5) is 28.6. The summed E-state index contributed by atoms with van der Waals surface area (Å²) >= 11 is 0. The number of fused-ring (bicyclic) bond motifs is 1. The maximum Gasteiger partial charge on any atom is 0.418 e. The van der Waals surface area contributed by atoms with Crippen molar-refractivity contribution in [1.29, 1.82) is 0 Å². The molecule has 216 valence electrons. The number of carbonyl (C=O) groups excluding carboxylic acids is 2. The molecule has 4 rings (SSSR count). The van der Waals surface area contributed by atoms with Crippen LogP contribution in [0, 0.1) is 0 Å². The lowest BCUT2D eigenvalue weighted by Gasteiger charge is -2.19. The van der Waals surface area contributed by atoms with Gasteiger partial charge in [0.25, 0.3) is 5.91 Å². The van der Waals surface area contributed by atoms with E-state index in [1.54, 1.807) is 0 Å². The number of halogens is 10. The average Bonchev–Trinajstić information content (AvgIpc) is 3.39. The molecule has 0 unspecified atom stereocenters. The number of carbonyl (C=O) groups is 2. The van der Waals surface area contributed by atoms with Crippen LogP contribution in [0.2, 0.25) is 0 Å². The smallest absolute Gasteiger partial charge is 0.382 e. The molecule has 1 aliphatic heterocycles. The fourth-order valence-electron chi connectivity index (χ4n) is 4.26. The normalized spacial score (nSPS) is 18.4. The molecule has 8 nitrogen and oxygen atoms in total. The summed E-state index contributed by atoms with van der Waals surface area (Å²) in [6, 6.07) is 0.691. The van der Waals surface area contributed by atoms with Gasteiger partial charge in [-0.1, -0.05) is 6.07 Å². The summed E-state index contributed by atoms with van der Waals surface area (Å²) in [5.74, 6) is -3.61. The number of likely N-dealkylation sites (tertiary alicyclic amines) is 1. The van der Waals surface area contributed by atoms with Crippen molar-refractivity contribution in [3.05, 3.63) is 47.3 Å². The Morgan fingerprint density at radius 2 is 1.62 bits per heavy atom. The zero-order valence-corrected chi connectivity index (χ0v) is 19.6. The number of nitrogens with one attached hydrogen (secondary N) is 1. The minimum atomic E-state index is -5.14. The molecule has 0 saturated carbocycles. The molecule has 0 spiro atoms. The highest BCUT2D eigenvalue weighted by Crippen LogP contribution is 2.40. The Labute approximate surface area is 216 Å². The summed E-state index contributed by atoms with van der Waals surface area (Å²) in [6.07, 6.45) is -18.2. The SMILES string of the molecule is Nc1ncnn2c(-c3ccc(C(F)(F)F)c(C(=O)N[C@@H]4CN(C(=O)CC(F)(F)F)C[C@@H]4F)c3)cc(C(F)(F)F)c12. The van der Waals surface area contributed by atoms with Crippen molar-refractivity contribution in [2.45, 2.75) is 37.2 Å². The molecule has 0 aliphatic carbocycles. The molecule has 40 heavy (non-hydrogen) atoms. The van der Waals surface area contributed by atoms with Crippen molar-refractivity contribution in [2.75, 3.05) is 18.8 Å². The maximum atomic E-state index is 14.5. The van der Waals surface area contributed by atoms with E-state index in [1.165, 1.54) is 0 Å². The molecule has 2 amide bonds. The third kappa shape index (κ3) is 5.74. The number of rotatable bonds is 4. The van der Waals surface area contributed by atoms with E-state index in [4.69, 9.17) is 5.73 Å². The van der Waals surface area contributed by atoms with Gasteiger partial charge in [-0.2, -0.15) is 44.6 Å². The first-order valence-corrected chi connectivity index (χ1v) is 11.1. The first-order valence-electron chi connectivity index (χ1n) is 11.1. The minimum Gasteiger partial charge on any atom is -0.382 e. The Balaban J connectivity index is 1.71. The van der Waals surface area contributed by atoms with Gasteiger partial charge in [0.15, 0.2) is 5.82 Å². The summed E-state index contributed by atoms with van der Waals surface area (Å²) in [6.45, 7) is -1.60. The summed E-state index contributed by atoms with van der Waals surface area (Å²) in [7, 11) is 0. The van der Waals surface area contributed by atoms with Gasteiger partial charge in [0.2, 0.25) is 5.91 Å². The molecule has 1 aliphatic rings. The number of nitrogen functional groups attached to an aromatic ring is 1. The highest BCUT2D eigenvalue weighted by atomic mass is 19.4. The lowest BCUT2D eigenvalue weighted by atomic mass is 10.00. The van der Waals surface area contributed by atoms with Gasteiger partial charge in [-0.3, -0.25) is 9.59 Å². The molecule has 0 radical (unpaired) electrons. The largest absolute Gasteiger partial charge is 0.418 e. The lowest BCUT2D eigenvalue weighted by Crippen LogP contribution is -2.42. The quantitative estimate of drug-likeness (QED) is 0.445. The second kappa shape index (κ2) is 9.81. The molecule has 1 fully saturated rings. The van der Waals surface area contributed by atoms with Gasteiger partial charge < -0.3 is 16.0 Å². The van der Waals surface area contributed by atoms with Crippen molar-refractivity contribution >= 4 is 23.1 Å². The van der Waals surface area contributed by atoms with Crippen LogP contribution >= 0.6 is 0 Å². The van der Waals surface area contributed by atoms with Crippen LogP contribution < -0.4 is 11.1 Å². The number of hydrogen-bond donors (Lipinski definition) is 2. The minimum absolute atomic E-state index is 0.341. The van der Waals surface area contributed by atoms with Crippen molar-refractivity contribution in [3.8, 4) is 11.3 Å². The second-order valence-electron chi connectivity index (χ2n) is 8.79. The third-order valence-corrected chi connectivity index (χ3v) is 6.02. The fourth-order valence-corrected chi connectivity index (χ4v) is 4.26.